The summed E-state index contributed by atoms with van der Waals surface area (Å²) in [5, 5.41) is 3.44. The maximum Gasteiger partial charge on any atom is 0.251 e. The molecule has 1 N–H and O–H groups in total. The third-order valence-corrected chi connectivity index (χ3v) is 7.93. The molecule has 1 aliphatic heterocycles. The Kier molecular flexibility index (Phi) is 5.34. The molecule has 5 fully saturated rings. The van der Waals surface area contributed by atoms with Gasteiger partial charge < -0.3 is 10.1 Å². The quantitative estimate of drug-likeness (QED) is 0.649. The third-order valence-electron chi connectivity index (χ3n) is 7.93. The highest BCUT2D eigenvalue weighted by molar-refractivity contribution is 6.22. The molecule has 5 aliphatic rings. The number of anilines is 1. The highest BCUT2D eigenvalue weighted by Crippen LogP contribution is 2.61. The molecule has 1 atom stereocenters. The molecular weight excluding hydrogens is 376 g/mol. The minimum absolute atomic E-state index is 0.116. The first kappa shape index (κ1) is 20.0. The minimum Gasteiger partial charge on any atom is -0.494 e. The number of nitrogens with zero attached hydrogens (tertiary/aromatic N) is 1. The zero-order valence-corrected chi connectivity index (χ0v) is 18.1. The second-order valence-electron chi connectivity index (χ2n) is 10.3. The van der Waals surface area contributed by atoms with E-state index < -0.39 is 0 Å². The summed E-state index contributed by atoms with van der Waals surface area (Å²) in [6, 6.07) is 6.89. The van der Waals surface area contributed by atoms with Gasteiger partial charge in [0.25, 0.3) is 5.91 Å². The number of carbonyl (C=O) groups excluding carboxylic acids is 2. The summed E-state index contributed by atoms with van der Waals surface area (Å²) < 4.78 is 5.60. The van der Waals surface area contributed by atoms with Crippen molar-refractivity contribution in [3.63, 3.8) is 0 Å². The van der Waals surface area contributed by atoms with E-state index >= 15 is 0 Å². The highest BCUT2D eigenvalue weighted by atomic mass is 16.5. The number of ether oxygens (including phenoxy) is 1. The Morgan fingerprint density at radius 1 is 1.03 bits per heavy atom. The van der Waals surface area contributed by atoms with Crippen LogP contribution < -0.4 is 15.0 Å². The number of nitrogens with one attached hydrogen (secondary N) is 1. The first-order valence-electron chi connectivity index (χ1n) is 11.9. The predicted molar refractivity (Wildman–Crippen MR) is 116 cm³/mol. The van der Waals surface area contributed by atoms with Gasteiger partial charge in [-0.05, 0) is 105 Å². The molecular formula is C25H34N2O3. The second kappa shape index (κ2) is 7.99. The van der Waals surface area contributed by atoms with Crippen molar-refractivity contribution in [3.05, 3.63) is 24.3 Å². The van der Waals surface area contributed by atoms with Crippen LogP contribution >= 0.6 is 0 Å². The van der Waals surface area contributed by atoms with Crippen LogP contribution in [0.1, 0.15) is 64.7 Å². The molecule has 30 heavy (non-hydrogen) atoms. The van der Waals surface area contributed by atoms with Gasteiger partial charge in [0.1, 0.15) is 5.75 Å². The largest absolute Gasteiger partial charge is 0.494 e. The van der Waals surface area contributed by atoms with Crippen LogP contribution in [0.2, 0.25) is 0 Å². The molecule has 0 spiro atoms. The van der Waals surface area contributed by atoms with Crippen molar-refractivity contribution in [3.8, 4) is 5.75 Å². The average Bonchev–Trinajstić information content (AvgIpc) is 2.99. The highest BCUT2D eigenvalue weighted by Gasteiger charge is 2.50. The van der Waals surface area contributed by atoms with Crippen molar-refractivity contribution in [2.75, 3.05) is 18.1 Å². The van der Waals surface area contributed by atoms with E-state index in [1.165, 1.54) is 43.4 Å². The van der Waals surface area contributed by atoms with E-state index in [-0.39, 0.29) is 24.3 Å². The van der Waals surface area contributed by atoms with Gasteiger partial charge in [0.2, 0.25) is 5.91 Å². The summed E-state index contributed by atoms with van der Waals surface area (Å²) in [5.41, 5.74) is 1.14. The Hall–Kier alpha value is -1.88. The molecule has 4 aliphatic carbocycles. The summed E-state index contributed by atoms with van der Waals surface area (Å²) in [4.78, 5) is 26.8. The molecule has 162 valence electrons. The van der Waals surface area contributed by atoms with Crippen LogP contribution in [0, 0.1) is 23.2 Å². The van der Waals surface area contributed by atoms with Crippen molar-refractivity contribution in [1.29, 1.82) is 0 Å². The van der Waals surface area contributed by atoms with E-state index in [9.17, 15) is 9.59 Å². The van der Waals surface area contributed by atoms with Crippen LogP contribution in [0.5, 0.6) is 5.75 Å². The molecule has 2 amide bonds. The first-order valence-corrected chi connectivity index (χ1v) is 11.9. The molecule has 0 unspecified atom stereocenters. The van der Waals surface area contributed by atoms with Gasteiger partial charge in [0.15, 0.2) is 0 Å². The van der Waals surface area contributed by atoms with Gasteiger partial charge in [-0.2, -0.15) is 0 Å². The van der Waals surface area contributed by atoms with Crippen molar-refractivity contribution >= 4 is 17.5 Å². The number of amides is 2. The number of rotatable bonds is 8. The topological polar surface area (TPSA) is 58.6 Å². The first-order chi connectivity index (χ1) is 14.5. The molecule has 0 aromatic heterocycles. The van der Waals surface area contributed by atoms with Crippen molar-refractivity contribution in [2.24, 2.45) is 23.2 Å². The smallest absolute Gasteiger partial charge is 0.251 e. The van der Waals surface area contributed by atoms with E-state index in [4.69, 9.17) is 4.74 Å². The lowest BCUT2D eigenvalue weighted by Gasteiger charge is -2.57. The van der Waals surface area contributed by atoms with Gasteiger partial charge in [-0.25, -0.2) is 4.90 Å². The van der Waals surface area contributed by atoms with Crippen LogP contribution in [0.15, 0.2) is 24.3 Å². The Morgan fingerprint density at radius 2 is 1.67 bits per heavy atom. The van der Waals surface area contributed by atoms with Gasteiger partial charge in [-0.3, -0.25) is 9.59 Å². The summed E-state index contributed by atoms with van der Waals surface area (Å²) in [7, 11) is 0. The van der Waals surface area contributed by atoms with Crippen LogP contribution in [0.4, 0.5) is 5.69 Å². The van der Waals surface area contributed by atoms with Gasteiger partial charge in [-0.1, -0.05) is 6.92 Å². The molecule has 5 heteroatoms. The van der Waals surface area contributed by atoms with E-state index in [1.54, 1.807) is 12.1 Å². The van der Waals surface area contributed by atoms with Crippen LogP contribution in [-0.4, -0.2) is 31.0 Å². The lowest BCUT2D eigenvalue weighted by molar-refractivity contribution is -0.121. The van der Waals surface area contributed by atoms with Crippen LogP contribution in [0.3, 0.4) is 0 Å². The average molecular weight is 411 g/mol. The molecule has 6 rings (SSSR count). The molecule has 5 nitrogen and oxygen atoms in total. The predicted octanol–water partition coefficient (Wildman–Crippen LogP) is 4.30. The maximum atomic E-state index is 12.9. The molecule has 1 aromatic rings. The fourth-order valence-corrected chi connectivity index (χ4v) is 7.08. The standard InChI is InChI=1S/C25H34N2O3/c1-2-9-30-21-5-3-20(4-6-21)27-23(28)13-22(24(27)29)26-8-7-25-14-17-10-18(15-25)12-19(11-17)16-25/h3-6,17-19,22,26H,2,7-16H2,1H3/t17?,18?,19?,22-,25?/m1/s1. The van der Waals surface area contributed by atoms with Crippen molar-refractivity contribution < 1.29 is 14.3 Å². The van der Waals surface area contributed by atoms with Gasteiger partial charge in [0.05, 0.1) is 24.8 Å². The Balaban J connectivity index is 1.17. The Morgan fingerprint density at radius 3 is 2.27 bits per heavy atom. The van der Waals surface area contributed by atoms with E-state index in [0.717, 1.165) is 42.9 Å². The minimum atomic E-state index is -0.387. The summed E-state index contributed by atoms with van der Waals surface area (Å²) >= 11 is 0. The number of imide groups is 1. The van der Waals surface area contributed by atoms with Crippen molar-refractivity contribution in [1.82, 2.24) is 5.32 Å². The van der Waals surface area contributed by atoms with Gasteiger partial charge in [0, 0.05) is 0 Å². The normalized spacial score (nSPS) is 34.8. The molecule has 1 heterocycles. The van der Waals surface area contributed by atoms with Crippen LogP contribution in [-0.2, 0) is 9.59 Å². The molecule has 4 bridgehead atoms. The van der Waals surface area contributed by atoms with E-state index in [0.29, 0.717) is 17.7 Å². The number of carbonyl (C=O) groups is 2. The van der Waals surface area contributed by atoms with Crippen molar-refractivity contribution in [2.45, 2.75) is 70.8 Å². The lowest BCUT2D eigenvalue weighted by Crippen LogP contribution is -2.48. The van der Waals surface area contributed by atoms with E-state index in [1.807, 2.05) is 12.1 Å². The zero-order chi connectivity index (χ0) is 20.7. The van der Waals surface area contributed by atoms with Crippen LogP contribution in [0.25, 0.3) is 0 Å². The Bertz CT molecular complexity index is 768. The number of hydrogen-bond donors (Lipinski definition) is 1. The lowest BCUT2D eigenvalue weighted by atomic mass is 9.49. The van der Waals surface area contributed by atoms with E-state index in [2.05, 4.69) is 12.2 Å². The SMILES string of the molecule is CCCOc1ccc(N2C(=O)C[C@@H](NCCC34CC5CC(CC(C5)C3)C4)C2=O)cc1. The number of benzene rings is 1. The third kappa shape index (κ3) is 3.77. The molecule has 4 saturated carbocycles. The second-order valence-corrected chi connectivity index (χ2v) is 10.3. The molecule has 1 aromatic carbocycles. The summed E-state index contributed by atoms with van der Waals surface area (Å²) in [6.45, 7) is 3.57. The fourth-order valence-electron chi connectivity index (χ4n) is 7.08. The van der Waals surface area contributed by atoms with Gasteiger partial charge >= 0.3 is 0 Å². The summed E-state index contributed by atoms with van der Waals surface area (Å²) in [5.74, 6) is 3.38. The molecule has 1 saturated heterocycles. The Labute approximate surface area is 179 Å². The summed E-state index contributed by atoms with van der Waals surface area (Å²) in [6.07, 6.45) is 10.9. The number of hydrogen-bond acceptors (Lipinski definition) is 4. The molecule has 0 radical (unpaired) electrons. The monoisotopic (exact) mass is 410 g/mol. The zero-order valence-electron chi connectivity index (χ0n) is 18.1. The fraction of sp³-hybridized carbons (Fsp3) is 0.680. The van der Waals surface area contributed by atoms with Gasteiger partial charge in [-0.15, -0.1) is 0 Å². The maximum absolute atomic E-state index is 12.9.